The van der Waals surface area contributed by atoms with Gasteiger partial charge in [-0.25, -0.2) is 14.5 Å². The molecule has 0 radical (unpaired) electrons. The Morgan fingerprint density at radius 3 is 2.33 bits per heavy atom. The van der Waals surface area contributed by atoms with Gasteiger partial charge in [0.1, 0.15) is 10.7 Å². The van der Waals surface area contributed by atoms with Gasteiger partial charge in [0.2, 0.25) is 0 Å². The zero-order chi connectivity index (χ0) is 21.8. The zero-order valence-corrected chi connectivity index (χ0v) is 16.9. The molecule has 30 heavy (non-hydrogen) atoms. The largest absolute Gasteiger partial charge is 0.465 e. The topological polar surface area (TPSA) is 102 Å². The van der Waals surface area contributed by atoms with Crippen molar-refractivity contribution in [3.8, 4) is 0 Å². The van der Waals surface area contributed by atoms with E-state index in [2.05, 4.69) is 10.1 Å². The molecule has 0 fully saturated rings. The third-order valence-electron chi connectivity index (χ3n) is 4.22. The highest BCUT2D eigenvalue weighted by molar-refractivity contribution is 6.53. The van der Waals surface area contributed by atoms with Crippen molar-refractivity contribution >= 4 is 46.7 Å². The number of nitrogens with zero attached hydrogens (tertiary/aromatic N) is 1. The quantitative estimate of drug-likeness (QED) is 0.557. The van der Waals surface area contributed by atoms with Crippen LogP contribution in [0.2, 0.25) is 0 Å². The van der Waals surface area contributed by atoms with Crippen LogP contribution in [0.4, 0.5) is 11.4 Å². The molecule has 0 aliphatic carbocycles. The van der Waals surface area contributed by atoms with Crippen LogP contribution in [0.1, 0.15) is 27.6 Å². The Morgan fingerprint density at radius 1 is 1.00 bits per heavy atom. The summed E-state index contributed by atoms with van der Waals surface area (Å²) in [6.45, 7) is 1.92. The van der Waals surface area contributed by atoms with Crippen LogP contribution in [0.25, 0.3) is 0 Å². The highest BCUT2D eigenvalue weighted by Crippen LogP contribution is 2.30. The van der Waals surface area contributed by atoms with Gasteiger partial charge < -0.3 is 14.8 Å². The van der Waals surface area contributed by atoms with E-state index in [-0.39, 0.29) is 34.2 Å². The van der Waals surface area contributed by atoms with Crippen molar-refractivity contribution in [1.82, 2.24) is 0 Å². The first kappa shape index (κ1) is 21.1. The van der Waals surface area contributed by atoms with Crippen LogP contribution in [0.5, 0.6) is 0 Å². The fourth-order valence-electron chi connectivity index (χ4n) is 2.79. The molecule has 0 unspecified atom stereocenters. The van der Waals surface area contributed by atoms with Crippen molar-refractivity contribution in [2.75, 3.05) is 23.9 Å². The van der Waals surface area contributed by atoms with Gasteiger partial charge >= 0.3 is 11.9 Å². The number of nitrogens with one attached hydrogen (secondary N) is 1. The van der Waals surface area contributed by atoms with E-state index in [1.165, 1.54) is 37.4 Å². The molecule has 0 aromatic heterocycles. The van der Waals surface area contributed by atoms with E-state index in [0.29, 0.717) is 5.69 Å². The summed E-state index contributed by atoms with van der Waals surface area (Å²) < 4.78 is 9.58. The average Bonchev–Trinajstić information content (AvgIpc) is 2.97. The lowest BCUT2D eigenvalue weighted by molar-refractivity contribution is -0.120. The summed E-state index contributed by atoms with van der Waals surface area (Å²) >= 11 is 6.11. The summed E-state index contributed by atoms with van der Waals surface area (Å²) in [6, 6.07) is 12.0. The molecule has 2 aromatic rings. The molecule has 0 atom stereocenters. The Kier molecular flexibility index (Phi) is 6.17. The molecule has 8 nitrogen and oxygen atoms in total. The fraction of sp³-hybridized carbons (Fsp3) is 0.143. The number of anilines is 2. The summed E-state index contributed by atoms with van der Waals surface area (Å²) in [4.78, 5) is 49.8. The Balaban J connectivity index is 1.83. The van der Waals surface area contributed by atoms with Gasteiger partial charge in [0.05, 0.1) is 30.5 Å². The number of esters is 2. The molecule has 9 heteroatoms. The molecule has 1 N–H and O–H groups in total. The number of methoxy groups -OCH3 is 1. The third-order valence-corrected chi connectivity index (χ3v) is 4.57. The molecule has 1 aliphatic heterocycles. The molecule has 0 spiro atoms. The van der Waals surface area contributed by atoms with Crippen LogP contribution in [-0.4, -0.2) is 37.5 Å². The number of hydrogen-bond donors (Lipinski definition) is 1. The van der Waals surface area contributed by atoms with E-state index in [4.69, 9.17) is 16.3 Å². The van der Waals surface area contributed by atoms with E-state index >= 15 is 0 Å². The molecular formula is C21H17ClN2O6. The number of carbonyl (C=O) groups is 4. The summed E-state index contributed by atoms with van der Waals surface area (Å²) in [7, 11) is 1.25. The van der Waals surface area contributed by atoms with Gasteiger partial charge in [0, 0.05) is 5.69 Å². The van der Waals surface area contributed by atoms with Gasteiger partial charge in [-0.15, -0.1) is 0 Å². The maximum atomic E-state index is 12.8. The lowest BCUT2D eigenvalue weighted by Gasteiger charge is -2.15. The Morgan fingerprint density at radius 2 is 1.70 bits per heavy atom. The zero-order valence-electron chi connectivity index (χ0n) is 16.1. The van der Waals surface area contributed by atoms with Crippen LogP contribution in [0, 0.1) is 0 Å². The Hall–Kier alpha value is -3.65. The van der Waals surface area contributed by atoms with Gasteiger partial charge in [-0.1, -0.05) is 17.7 Å². The minimum absolute atomic E-state index is 0.125. The SMILES string of the molecule is CCOC(=O)c1cccc(NC2=C(Cl)C(=O)N(c3ccc(C(=O)OC)cc3)C2=O)c1. The van der Waals surface area contributed by atoms with Crippen molar-refractivity contribution in [3.63, 3.8) is 0 Å². The number of carbonyl (C=O) groups excluding carboxylic acids is 4. The summed E-state index contributed by atoms with van der Waals surface area (Å²) in [5.74, 6) is -2.43. The Bertz CT molecular complexity index is 1060. The minimum atomic E-state index is -0.712. The molecule has 1 heterocycles. The first-order valence-corrected chi connectivity index (χ1v) is 9.26. The van der Waals surface area contributed by atoms with Gasteiger partial charge in [-0.3, -0.25) is 9.59 Å². The van der Waals surface area contributed by atoms with Gasteiger partial charge in [0.15, 0.2) is 0 Å². The molecule has 0 saturated carbocycles. The Labute approximate surface area is 177 Å². The van der Waals surface area contributed by atoms with E-state index in [1.807, 2.05) is 0 Å². The van der Waals surface area contributed by atoms with Crippen molar-refractivity contribution < 1.29 is 28.7 Å². The third kappa shape index (κ3) is 4.04. The van der Waals surface area contributed by atoms with Crippen LogP contribution < -0.4 is 10.2 Å². The fourth-order valence-corrected chi connectivity index (χ4v) is 3.01. The first-order valence-electron chi connectivity index (χ1n) is 8.88. The molecule has 154 valence electrons. The maximum absolute atomic E-state index is 12.8. The van der Waals surface area contributed by atoms with E-state index in [0.717, 1.165) is 4.90 Å². The number of imide groups is 1. The highest BCUT2D eigenvalue weighted by Gasteiger charge is 2.39. The smallest absolute Gasteiger partial charge is 0.338 e. The number of rotatable bonds is 6. The highest BCUT2D eigenvalue weighted by atomic mass is 35.5. The maximum Gasteiger partial charge on any atom is 0.338 e. The summed E-state index contributed by atoms with van der Waals surface area (Å²) in [5, 5.41) is 2.51. The molecule has 0 bridgehead atoms. The van der Waals surface area contributed by atoms with Crippen LogP contribution in [0.3, 0.4) is 0 Å². The molecule has 1 aliphatic rings. The van der Waals surface area contributed by atoms with Crippen LogP contribution in [-0.2, 0) is 19.1 Å². The van der Waals surface area contributed by atoms with Crippen LogP contribution >= 0.6 is 11.6 Å². The number of hydrogen-bond acceptors (Lipinski definition) is 7. The van der Waals surface area contributed by atoms with Crippen molar-refractivity contribution in [2.45, 2.75) is 6.92 Å². The number of amides is 2. The number of ether oxygens (including phenoxy) is 2. The van der Waals surface area contributed by atoms with Gasteiger partial charge in [0.25, 0.3) is 11.8 Å². The van der Waals surface area contributed by atoms with Crippen LogP contribution in [0.15, 0.2) is 59.3 Å². The molecule has 2 aromatic carbocycles. The predicted molar refractivity (Wildman–Crippen MR) is 109 cm³/mol. The predicted octanol–water partition coefficient (Wildman–Crippen LogP) is 3.09. The lowest BCUT2D eigenvalue weighted by atomic mass is 10.2. The van der Waals surface area contributed by atoms with E-state index < -0.39 is 23.8 Å². The first-order chi connectivity index (χ1) is 14.4. The number of halogens is 1. The monoisotopic (exact) mass is 428 g/mol. The molecule has 0 saturated heterocycles. The van der Waals surface area contributed by atoms with Crippen molar-refractivity contribution in [2.24, 2.45) is 0 Å². The molecule has 2 amide bonds. The normalized spacial score (nSPS) is 13.5. The number of benzene rings is 2. The van der Waals surface area contributed by atoms with Gasteiger partial charge in [-0.05, 0) is 49.4 Å². The van der Waals surface area contributed by atoms with E-state index in [1.54, 1.807) is 25.1 Å². The average molecular weight is 429 g/mol. The standard InChI is InChI=1S/C21H17ClN2O6/c1-3-30-21(28)13-5-4-6-14(11-13)23-17-16(22)18(25)24(19(17)26)15-9-7-12(8-10-15)20(27)29-2/h4-11,23H,3H2,1-2H3. The molecular weight excluding hydrogens is 412 g/mol. The second kappa shape index (κ2) is 8.79. The van der Waals surface area contributed by atoms with Gasteiger partial charge in [-0.2, -0.15) is 0 Å². The van der Waals surface area contributed by atoms with Crippen molar-refractivity contribution in [1.29, 1.82) is 0 Å². The summed E-state index contributed by atoms with van der Waals surface area (Å²) in [5.41, 5.74) is 1.06. The van der Waals surface area contributed by atoms with Crippen molar-refractivity contribution in [3.05, 3.63) is 70.4 Å². The van der Waals surface area contributed by atoms with E-state index in [9.17, 15) is 19.2 Å². The second-order valence-electron chi connectivity index (χ2n) is 6.10. The summed E-state index contributed by atoms with van der Waals surface area (Å²) in [6.07, 6.45) is 0. The second-order valence-corrected chi connectivity index (χ2v) is 6.48. The minimum Gasteiger partial charge on any atom is -0.465 e. The molecule has 3 rings (SSSR count). The lowest BCUT2D eigenvalue weighted by Crippen LogP contribution is -2.32.